The van der Waals surface area contributed by atoms with Gasteiger partial charge >= 0.3 is 0 Å². The third-order valence-electron chi connectivity index (χ3n) is 2.62. The Morgan fingerprint density at radius 1 is 1.17 bits per heavy atom. The molecule has 0 unspecified atom stereocenters. The molecule has 0 aliphatic carbocycles. The predicted molar refractivity (Wildman–Crippen MR) is 74.3 cm³/mol. The van der Waals surface area contributed by atoms with Gasteiger partial charge in [0.15, 0.2) is 9.84 Å². The number of sulfone groups is 1. The number of nitrogens with two attached hydrogens (primary N) is 1. The lowest BCUT2D eigenvalue weighted by molar-refractivity contribution is 0.152. The summed E-state index contributed by atoms with van der Waals surface area (Å²) < 4.78 is 28.2. The summed E-state index contributed by atoms with van der Waals surface area (Å²) in [4.78, 5) is 0. The van der Waals surface area contributed by atoms with E-state index in [1.807, 2.05) is 31.2 Å². The normalized spacial score (nSPS) is 11.6. The Morgan fingerprint density at radius 2 is 1.89 bits per heavy atom. The molecule has 0 aliphatic heterocycles. The second kappa shape index (κ2) is 7.38. The fourth-order valence-electron chi connectivity index (χ4n) is 1.65. The first kappa shape index (κ1) is 15.0. The van der Waals surface area contributed by atoms with Crippen molar-refractivity contribution in [3.8, 4) is 0 Å². The zero-order valence-electron chi connectivity index (χ0n) is 10.8. The lowest BCUT2D eigenvalue weighted by Gasteiger charge is -2.07. The van der Waals surface area contributed by atoms with Crippen LogP contribution in [0.1, 0.15) is 18.9 Å². The molecule has 0 saturated heterocycles. The number of anilines is 1. The third-order valence-corrected chi connectivity index (χ3v) is 4.44. The van der Waals surface area contributed by atoms with Gasteiger partial charge < -0.3 is 10.5 Å². The summed E-state index contributed by atoms with van der Waals surface area (Å²) in [5.74, 6) is 0.340. The Hall–Kier alpha value is -1.07. The number of rotatable bonds is 8. The van der Waals surface area contributed by atoms with E-state index < -0.39 is 9.84 Å². The monoisotopic (exact) mass is 271 g/mol. The second-order valence-corrected chi connectivity index (χ2v) is 6.52. The molecule has 18 heavy (non-hydrogen) atoms. The summed E-state index contributed by atoms with van der Waals surface area (Å²) in [6.07, 6.45) is 1.36. The van der Waals surface area contributed by atoms with Gasteiger partial charge in [0.2, 0.25) is 0 Å². The van der Waals surface area contributed by atoms with Crippen LogP contribution in [-0.4, -0.2) is 33.1 Å². The number of hydrogen-bond acceptors (Lipinski definition) is 4. The summed E-state index contributed by atoms with van der Waals surface area (Å²) in [6, 6.07) is 7.61. The number of ether oxygens (including phenoxy) is 1. The van der Waals surface area contributed by atoms with Crippen LogP contribution in [0.2, 0.25) is 0 Å². The van der Waals surface area contributed by atoms with Crippen LogP contribution in [0.15, 0.2) is 24.3 Å². The highest BCUT2D eigenvalue weighted by Crippen LogP contribution is 2.10. The summed E-state index contributed by atoms with van der Waals surface area (Å²) in [5.41, 5.74) is 7.58. The van der Waals surface area contributed by atoms with Crippen molar-refractivity contribution >= 4 is 15.5 Å². The van der Waals surface area contributed by atoms with Crippen LogP contribution in [0.4, 0.5) is 5.69 Å². The van der Waals surface area contributed by atoms with E-state index in [4.69, 9.17) is 10.5 Å². The maximum atomic E-state index is 11.4. The van der Waals surface area contributed by atoms with Gasteiger partial charge in [-0.05, 0) is 24.5 Å². The predicted octanol–water partition coefficient (Wildman–Crippen LogP) is 1.65. The molecule has 0 bridgehead atoms. The molecule has 0 spiro atoms. The smallest absolute Gasteiger partial charge is 0.152 e. The topological polar surface area (TPSA) is 69.4 Å². The zero-order valence-corrected chi connectivity index (χ0v) is 11.6. The Bertz CT molecular complexity index is 457. The molecule has 102 valence electrons. The van der Waals surface area contributed by atoms with Crippen molar-refractivity contribution in [1.29, 1.82) is 0 Å². The molecule has 1 aromatic carbocycles. The van der Waals surface area contributed by atoms with Crippen molar-refractivity contribution in [3.05, 3.63) is 29.8 Å². The van der Waals surface area contributed by atoms with E-state index in [9.17, 15) is 8.42 Å². The lowest BCUT2D eigenvalue weighted by atomic mass is 10.1. The summed E-state index contributed by atoms with van der Waals surface area (Å²) in [7, 11) is -2.93. The van der Waals surface area contributed by atoms with Gasteiger partial charge in [-0.2, -0.15) is 0 Å². The molecule has 1 aromatic rings. The molecule has 1 rings (SSSR count). The average molecular weight is 271 g/mol. The standard InChI is InChI=1S/C13H21NO3S/c1-2-10-18(15,16)11-9-17-8-7-12-5-3-4-6-13(12)14/h3-6H,2,7-11,14H2,1H3. The van der Waals surface area contributed by atoms with Crippen LogP contribution < -0.4 is 5.73 Å². The van der Waals surface area contributed by atoms with Crippen LogP contribution in [0.5, 0.6) is 0 Å². The fraction of sp³-hybridized carbons (Fsp3) is 0.538. The molecule has 0 aliphatic rings. The number of hydrogen-bond donors (Lipinski definition) is 1. The van der Waals surface area contributed by atoms with Crippen LogP contribution in [0, 0.1) is 0 Å². The van der Waals surface area contributed by atoms with E-state index >= 15 is 0 Å². The average Bonchev–Trinajstić information content (AvgIpc) is 2.31. The van der Waals surface area contributed by atoms with E-state index in [2.05, 4.69) is 0 Å². The first-order chi connectivity index (χ1) is 8.55. The van der Waals surface area contributed by atoms with Gasteiger partial charge in [-0.3, -0.25) is 0 Å². The van der Waals surface area contributed by atoms with Gasteiger partial charge in [0.05, 0.1) is 19.0 Å². The SMILES string of the molecule is CCCS(=O)(=O)CCOCCc1ccccc1N. The van der Waals surface area contributed by atoms with E-state index in [0.29, 0.717) is 19.4 Å². The van der Waals surface area contributed by atoms with Crippen molar-refractivity contribution in [3.63, 3.8) is 0 Å². The minimum Gasteiger partial charge on any atom is -0.399 e. The molecule has 5 heteroatoms. The van der Waals surface area contributed by atoms with Gasteiger partial charge in [0.1, 0.15) is 0 Å². The maximum absolute atomic E-state index is 11.4. The fourth-order valence-corrected chi connectivity index (χ4v) is 2.84. The molecule has 0 radical (unpaired) electrons. The number of benzene rings is 1. The minimum atomic E-state index is -2.93. The van der Waals surface area contributed by atoms with Gasteiger partial charge in [-0.15, -0.1) is 0 Å². The molecule has 0 aromatic heterocycles. The number of para-hydroxylation sites is 1. The molecular weight excluding hydrogens is 250 g/mol. The van der Waals surface area contributed by atoms with Crippen LogP contribution >= 0.6 is 0 Å². The Labute approximate surface area is 109 Å². The summed E-state index contributed by atoms with van der Waals surface area (Å²) in [6.45, 7) is 2.61. The third kappa shape index (κ3) is 5.51. The van der Waals surface area contributed by atoms with Gasteiger partial charge in [0.25, 0.3) is 0 Å². The van der Waals surface area contributed by atoms with Crippen molar-refractivity contribution in [2.24, 2.45) is 0 Å². The molecule has 0 atom stereocenters. The highest BCUT2D eigenvalue weighted by Gasteiger charge is 2.08. The Kier molecular flexibility index (Phi) is 6.15. The van der Waals surface area contributed by atoms with Crippen molar-refractivity contribution in [2.45, 2.75) is 19.8 Å². The maximum Gasteiger partial charge on any atom is 0.152 e. The van der Waals surface area contributed by atoms with Crippen LogP contribution in [0.25, 0.3) is 0 Å². The first-order valence-corrected chi connectivity index (χ1v) is 7.99. The van der Waals surface area contributed by atoms with E-state index in [1.165, 1.54) is 0 Å². The molecule has 2 N–H and O–H groups in total. The van der Waals surface area contributed by atoms with Crippen molar-refractivity contribution < 1.29 is 13.2 Å². The highest BCUT2D eigenvalue weighted by atomic mass is 32.2. The van der Waals surface area contributed by atoms with Gasteiger partial charge in [-0.25, -0.2) is 8.42 Å². The summed E-state index contributed by atoms with van der Waals surface area (Å²) in [5, 5.41) is 0. The zero-order chi connectivity index (χ0) is 13.4. The number of nitrogen functional groups attached to an aromatic ring is 1. The van der Waals surface area contributed by atoms with Crippen LogP contribution in [0.3, 0.4) is 0 Å². The summed E-state index contributed by atoms with van der Waals surface area (Å²) >= 11 is 0. The molecule has 0 saturated carbocycles. The van der Waals surface area contributed by atoms with E-state index in [0.717, 1.165) is 11.3 Å². The highest BCUT2D eigenvalue weighted by molar-refractivity contribution is 7.91. The first-order valence-electron chi connectivity index (χ1n) is 6.16. The van der Waals surface area contributed by atoms with E-state index in [1.54, 1.807) is 0 Å². The molecule has 0 fully saturated rings. The Balaban J connectivity index is 2.22. The minimum absolute atomic E-state index is 0.102. The largest absolute Gasteiger partial charge is 0.399 e. The van der Waals surface area contributed by atoms with Gasteiger partial charge in [0, 0.05) is 11.4 Å². The second-order valence-electron chi connectivity index (χ2n) is 4.21. The van der Waals surface area contributed by atoms with Gasteiger partial charge in [-0.1, -0.05) is 25.1 Å². The molecule has 0 heterocycles. The van der Waals surface area contributed by atoms with Crippen molar-refractivity contribution in [2.75, 3.05) is 30.5 Å². The Morgan fingerprint density at radius 3 is 2.56 bits per heavy atom. The molecule has 4 nitrogen and oxygen atoms in total. The van der Waals surface area contributed by atoms with E-state index in [-0.39, 0.29) is 18.1 Å². The molecular formula is C13H21NO3S. The van der Waals surface area contributed by atoms with Crippen LogP contribution in [-0.2, 0) is 21.0 Å². The molecule has 0 amide bonds. The lowest BCUT2D eigenvalue weighted by Crippen LogP contribution is -2.16. The van der Waals surface area contributed by atoms with Crippen molar-refractivity contribution in [1.82, 2.24) is 0 Å². The quantitative estimate of drug-likeness (QED) is 0.576.